The summed E-state index contributed by atoms with van der Waals surface area (Å²) in [5.41, 5.74) is 5.36. The lowest BCUT2D eigenvalue weighted by Crippen LogP contribution is -1.76. The Labute approximate surface area is 71.3 Å². The van der Waals surface area contributed by atoms with Crippen molar-refractivity contribution >= 4 is 51.1 Å². The van der Waals surface area contributed by atoms with Crippen LogP contribution in [-0.2, 0) is 0 Å². The maximum Gasteiger partial charge on any atom is 0.115 e. The van der Waals surface area contributed by atoms with Gasteiger partial charge in [-0.2, -0.15) is 0 Å². The second-order valence-electron chi connectivity index (χ2n) is 1.37. The molecule has 0 aliphatic rings. The molecule has 1 aromatic heterocycles. The van der Waals surface area contributed by atoms with E-state index in [0.717, 1.165) is 0 Å². The van der Waals surface area contributed by atoms with Gasteiger partial charge in [-0.1, -0.05) is 34.8 Å². The Balaban J connectivity index is 3.29. The number of hydrogen-bond acceptors (Lipinski definition) is 2. The molecule has 1 rings (SSSR count). The summed E-state index contributed by atoms with van der Waals surface area (Å²) >= 11 is 17.9. The lowest BCUT2D eigenvalue weighted by Gasteiger charge is -1.82. The van der Waals surface area contributed by atoms with Gasteiger partial charge in [0.25, 0.3) is 0 Å². The van der Waals surface area contributed by atoms with Crippen molar-refractivity contribution in [2.75, 3.05) is 5.73 Å². The molecule has 1 aromatic rings. The van der Waals surface area contributed by atoms with Gasteiger partial charge in [0.05, 0.1) is 10.0 Å². The lowest BCUT2D eigenvalue weighted by molar-refractivity contribution is 1.92. The molecule has 0 unspecified atom stereocenters. The van der Waals surface area contributed by atoms with E-state index in [9.17, 15) is 0 Å². The van der Waals surface area contributed by atoms with E-state index >= 15 is 0 Å². The van der Waals surface area contributed by atoms with E-state index in [-0.39, 0.29) is 0 Å². The molecule has 1 nitrogen and oxygen atoms in total. The normalized spacial score (nSPS) is 10.1. The Morgan fingerprint density at radius 3 is 1.78 bits per heavy atom. The smallest absolute Gasteiger partial charge is 0.115 e. The zero-order valence-corrected chi connectivity index (χ0v) is 7.20. The Morgan fingerprint density at radius 1 is 1.11 bits per heavy atom. The molecule has 0 spiro atoms. The third-order valence-corrected chi connectivity index (χ3v) is 3.20. The van der Waals surface area contributed by atoms with Crippen LogP contribution in [-0.4, -0.2) is 0 Å². The number of nitrogen functional groups attached to an aromatic ring is 1. The topological polar surface area (TPSA) is 26.0 Å². The molecule has 0 aromatic carbocycles. The summed E-state index contributed by atoms with van der Waals surface area (Å²) in [5.74, 6) is 0. The minimum atomic E-state index is 0.348. The highest BCUT2D eigenvalue weighted by Crippen LogP contribution is 2.41. The standard InChI is InChI=1S/C4H2Cl3NS/c5-1-2(6)4(8)9-3(1)7/h8H2. The van der Waals surface area contributed by atoms with E-state index in [1.165, 1.54) is 11.3 Å². The van der Waals surface area contributed by atoms with Crippen LogP contribution >= 0.6 is 46.1 Å². The van der Waals surface area contributed by atoms with Gasteiger partial charge < -0.3 is 5.73 Å². The average Bonchev–Trinajstić information content (AvgIpc) is 1.98. The Bertz CT molecular complexity index is 209. The molecule has 0 aliphatic heterocycles. The maximum atomic E-state index is 5.57. The number of nitrogens with two attached hydrogens (primary N) is 1. The highest BCUT2D eigenvalue weighted by atomic mass is 35.5. The second kappa shape index (κ2) is 2.54. The molecule has 0 atom stereocenters. The van der Waals surface area contributed by atoms with E-state index in [4.69, 9.17) is 40.5 Å². The van der Waals surface area contributed by atoms with Gasteiger partial charge in [-0.15, -0.1) is 11.3 Å². The van der Waals surface area contributed by atoms with Gasteiger partial charge in [0.15, 0.2) is 0 Å². The monoisotopic (exact) mass is 201 g/mol. The molecule has 50 valence electrons. The average molecular weight is 202 g/mol. The number of rotatable bonds is 0. The molecule has 0 amide bonds. The van der Waals surface area contributed by atoms with E-state index in [0.29, 0.717) is 19.4 Å². The van der Waals surface area contributed by atoms with Crippen molar-refractivity contribution in [2.24, 2.45) is 0 Å². The largest absolute Gasteiger partial charge is 0.389 e. The first-order chi connectivity index (χ1) is 4.13. The zero-order chi connectivity index (χ0) is 7.02. The van der Waals surface area contributed by atoms with Gasteiger partial charge in [-0.25, -0.2) is 0 Å². The Hall–Kier alpha value is 0.370. The molecule has 0 radical (unpaired) electrons. The summed E-state index contributed by atoms with van der Waals surface area (Å²) in [6, 6.07) is 0. The first-order valence-corrected chi connectivity index (χ1v) is 3.96. The van der Waals surface area contributed by atoms with Crippen LogP contribution < -0.4 is 5.73 Å². The summed E-state index contributed by atoms with van der Waals surface area (Å²) in [6.07, 6.45) is 0. The van der Waals surface area contributed by atoms with Crippen molar-refractivity contribution in [1.29, 1.82) is 0 Å². The minimum absolute atomic E-state index is 0.348. The summed E-state index contributed by atoms with van der Waals surface area (Å²) in [6.45, 7) is 0. The molecule has 0 bridgehead atoms. The van der Waals surface area contributed by atoms with Crippen LogP contribution in [0.25, 0.3) is 0 Å². The third-order valence-electron chi connectivity index (χ3n) is 0.781. The summed E-state index contributed by atoms with van der Waals surface area (Å²) < 4.78 is 0.444. The quantitative estimate of drug-likeness (QED) is 0.686. The van der Waals surface area contributed by atoms with Crippen molar-refractivity contribution in [2.45, 2.75) is 0 Å². The van der Waals surface area contributed by atoms with Gasteiger partial charge >= 0.3 is 0 Å². The first kappa shape index (κ1) is 7.48. The van der Waals surface area contributed by atoms with Crippen molar-refractivity contribution in [3.8, 4) is 0 Å². The molecule has 0 aliphatic carbocycles. The van der Waals surface area contributed by atoms with Crippen LogP contribution in [0.3, 0.4) is 0 Å². The number of anilines is 1. The van der Waals surface area contributed by atoms with E-state index in [1.807, 2.05) is 0 Å². The van der Waals surface area contributed by atoms with Crippen LogP contribution in [0.5, 0.6) is 0 Å². The fraction of sp³-hybridized carbons (Fsp3) is 0. The van der Waals surface area contributed by atoms with Crippen LogP contribution in [0.1, 0.15) is 0 Å². The summed E-state index contributed by atoms with van der Waals surface area (Å²) in [7, 11) is 0. The summed E-state index contributed by atoms with van der Waals surface area (Å²) in [5, 5.41) is 1.17. The predicted octanol–water partition coefficient (Wildman–Crippen LogP) is 3.29. The molecular weight excluding hydrogens is 200 g/mol. The Morgan fingerprint density at radius 2 is 1.67 bits per heavy atom. The zero-order valence-electron chi connectivity index (χ0n) is 4.12. The molecule has 9 heavy (non-hydrogen) atoms. The lowest BCUT2D eigenvalue weighted by atomic mass is 10.6. The molecule has 0 saturated heterocycles. The van der Waals surface area contributed by atoms with Gasteiger partial charge in [-0.05, 0) is 0 Å². The first-order valence-electron chi connectivity index (χ1n) is 2.01. The second-order valence-corrected chi connectivity index (χ2v) is 3.78. The van der Waals surface area contributed by atoms with Crippen LogP contribution in [0.15, 0.2) is 0 Å². The minimum Gasteiger partial charge on any atom is -0.389 e. The maximum absolute atomic E-state index is 5.57. The third kappa shape index (κ3) is 1.27. The van der Waals surface area contributed by atoms with Crippen molar-refractivity contribution in [3.63, 3.8) is 0 Å². The molecule has 0 fully saturated rings. The molecule has 2 N–H and O–H groups in total. The highest BCUT2D eigenvalue weighted by molar-refractivity contribution is 7.21. The van der Waals surface area contributed by atoms with Gasteiger partial charge in [-0.3, -0.25) is 0 Å². The van der Waals surface area contributed by atoms with Gasteiger partial charge in [0.1, 0.15) is 9.34 Å². The Kier molecular flexibility index (Phi) is 2.11. The van der Waals surface area contributed by atoms with Crippen molar-refractivity contribution in [1.82, 2.24) is 0 Å². The van der Waals surface area contributed by atoms with E-state index in [2.05, 4.69) is 0 Å². The molecule has 0 saturated carbocycles. The van der Waals surface area contributed by atoms with Crippen LogP contribution in [0, 0.1) is 0 Å². The van der Waals surface area contributed by atoms with Gasteiger partial charge in [0.2, 0.25) is 0 Å². The van der Waals surface area contributed by atoms with Gasteiger partial charge in [0, 0.05) is 0 Å². The number of thiophene rings is 1. The van der Waals surface area contributed by atoms with Crippen molar-refractivity contribution in [3.05, 3.63) is 14.4 Å². The van der Waals surface area contributed by atoms with E-state index < -0.39 is 0 Å². The fourth-order valence-electron chi connectivity index (χ4n) is 0.381. The number of hydrogen-bond donors (Lipinski definition) is 1. The fourth-order valence-corrected chi connectivity index (χ4v) is 1.89. The predicted molar refractivity (Wildman–Crippen MR) is 43.8 cm³/mol. The SMILES string of the molecule is Nc1sc(Cl)c(Cl)c1Cl. The van der Waals surface area contributed by atoms with E-state index in [1.54, 1.807) is 0 Å². The summed E-state index contributed by atoms with van der Waals surface area (Å²) in [4.78, 5) is 0. The van der Waals surface area contributed by atoms with Crippen LogP contribution in [0.4, 0.5) is 5.00 Å². The van der Waals surface area contributed by atoms with Crippen LogP contribution in [0.2, 0.25) is 14.4 Å². The molecular formula is C4H2Cl3NS. The molecule has 1 heterocycles. The van der Waals surface area contributed by atoms with Crippen molar-refractivity contribution < 1.29 is 0 Å². The highest BCUT2D eigenvalue weighted by Gasteiger charge is 2.09. The molecule has 5 heteroatoms. The number of halogens is 3.